The molecule has 0 radical (unpaired) electrons. The molecule has 2 aliphatic rings. The van der Waals surface area contributed by atoms with Gasteiger partial charge in [-0.25, -0.2) is 4.79 Å². The van der Waals surface area contributed by atoms with Crippen LogP contribution in [0.15, 0.2) is 12.3 Å². The number of piperidine rings is 1. The van der Waals surface area contributed by atoms with Crippen LogP contribution in [0.25, 0.3) is 0 Å². The molecule has 7 heteroatoms. The van der Waals surface area contributed by atoms with E-state index in [4.69, 9.17) is 10.8 Å². The molecule has 23 heavy (non-hydrogen) atoms. The van der Waals surface area contributed by atoms with Crippen molar-refractivity contribution in [1.29, 1.82) is 0 Å². The molecule has 0 aliphatic carbocycles. The van der Waals surface area contributed by atoms with E-state index in [1.165, 1.54) is 0 Å². The van der Waals surface area contributed by atoms with E-state index in [1.54, 1.807) is 4.90 Å². The van der Waals surface area contributed by atoms with E-state index < -0.39 is 6.09 Å². The molecular weight excluding hydrogens is 294 g/mol. The van der Waals surface area contributed by atoms with Crippen molar-refractivity contribution < 1.29 is 9.90 Å². The summed E-state index contributed by atoms with van der Waals surface area (Å²) < 4.78 is 2.09. The summed E-state index contributed by atoms with van der Waals surface area (Å²) in [4.78, 5) is 15.2. The molecule has 3 N–H and O–H groups in total. The molecule has 2 aliphatic heterocycles. The lowest BCUT2D eigenvalue weighted by molar-refractivity contribution is 0.116. The van der Waals surface area contributed by atoms with Crippen LogP contribution in [0.4, 0.5) is 4.79 Å². The van der Waals surface area contributed by atoms with Crippen LogP contribution in [-0.4, -0.2) is 63.0 Å². The molecule has 0 bridgehead atoms. The summed E-state index contributed by atoms with van der Waals surface area (Å²) in [5.41, 5.74) is 6.88. The molecule has 3 rings (SSSR count). The van der Waals surface area contributed by atoms with Crippen LogP contribution >= 0.6 is 0 Å². The van der Waals surface area contributed by atoms with Gasteiger partial charge >= 0.3 is 6.09 Å². The highest BCUT2D eigenvalue weighted by Crippen LogP contribution is 2.27. The van der Waals surface area contributed by atoms with Crippen molar-refractivity contribution in [2.75, 3.05) is 26.2 Å². The highest BCUT2D eigenvalue weighted by Gasteiger charge is 2.29. The Bertz CT molecular complexity index is 524. The van der Waals surface area contributed by atoms with Crippen LogP contribution in [0.5, 0.6) is 0 Å². The zero-order valence-corrected chi connectivity index (χ0v) is 13.6. The van der Waals surface area contributed by atoms with Crippen molar-refractivity contribution in [3.8, 4) is 0 Å². The minimum atomic E-state index is -0.780. The third-order valence-corrected chi connectivity index (χ3v) is 5.29. The first-order valence-corrected chi connectivity index (χ1v) is 8.63. The predicted octanol–water partition coefficient (Wildman–Crippen LogP) is 1.51. The molecule has 0 saturated carbocycles. The summed E-state index contributed by atoms with van der Waals surface area (Å²) >= 11 is 0. The molecule has 0 aromatic carbocycles. The van der Waals surface area contributed by atoms with Crippen LogP contribution in [0.3, 0.4) is 0 Å². The van der Waals surface area contributed by atoms with Gasteiger partial charge in [0.1, 0.15) is 0 Å². The van der Waals surface area contributed by atoms with E-state index in [0.717, 1.165) is 50.9 Å². The molecule has 7 nitrogen and oxygen atoms in total. The second-order valence-corrected chi connectivity index (χ2v) is 6.59. The Morgan fingerprint density at radius 2 is 1.91 bits per heavy atom. The van der Waals surface area contributed by atoms with E-state index in [1.807, 2.05) is 12.3 Å². The summed E-state index contributed by atoms with van der Waals surface area (Å²) in [7, 11) is 0. The topological polar surface area (TPSA) is 87.6 Å². The average Bonchev–Trinajstić information content (AvgIpc) is 2.90. The zero-order valence-electron chi connectivity index (χ0n) is 13.6. The number of hydrogen-bond donors (Lipinski definition) is 2. The highest BCUT2D eigenvalue weighted by molar-refractivity contribution is 5.64. The molecule has 1 unspecified atom stereocenters. The van der Waals surface area contributed by atoms with E-state index in [9.17, 15) is 4.79 Å². The minimum Gasteiger partial charge on any atom is -0.465 e. The lowest BCUT2D eigenvalue weighted by Gasteiger charge is -2.37. The Balaban J connectivity index is 1.54. The van der Waals surface area contributed by atoms with Crippen LogP contribution in [0, 0.1) is 0 Å². The fourth-order valence-electron chi connectivity index (χ4n) is 3.96. The Kier molecular flexibility index (Phi) is 5.17. The molecule has 0 spiro atoms. The van der Waals surface area contributed by atoms with Gasteiger partial charge in [0, 0.05) is 45.0 Å². The van der Waals surface area contributed by atoms with Gasteiger partial charge in [0.15, 0.2) is 0 Å². The lowest BCUT2D eigenvalue weighted by atomic mass is 10.00. The molecule has 1 atom stereocenters. The third kappa shape index (κ3) is 3.67. The standard InChI is InChI=1S/C16H27N5O2/c17-12-15-3-7-18-21(15)14-5-9-19(10-6-14)13-2-1-8-20(11-4-13)16(22)23/h3,7,13-14H,1-2,4-6,8-12,17H2,(H,22,23). The molecular formula is C16H27N5O2. The number of carbonyl (C=O) groups is 1. The molecule has 2 saturated heterocycles. The molecule has 3 heterocycles. The van der Waals surface area contributed by atoms with Crippen LogP contribution < -0.4 is 5.73 Å². The van der Waals surface area contributed by atoms with Gasteiger partial charge in [-0.2, -0.15) is 5.10 Å². The summed E-state index contributed by atoms with van der Waals surface area (Å²) in [6, 6.07) is 2.96. The number of likely N-dealkylation sites (tertiary alicyclic amines) is 2. The molecule has 2 fully saturated rings. The maximum Gasteiger partial charge on any atom is 0.407 e. The molecule has 1 aromatic heterocycles. The third-order valence-electron chi connectivity index (χ3n) is 5.29. The first-order valence-electron chi connectivity index (χ1n) is 8.63. The quantitative estimate of drug-likeness (QED) is 0.881. The molecule has 1 amide bonds. The van der Waals surface area contributed by atoms with Gasteiger partial charge in [-0.15, -0.1) is 0 Å². The number of hydrogen-bond acceptors (Lipinski definition) is 4. The second-order valence-electron chi connectivity index (χ2n) is 6.59. The van der Waals surface area contributed by atoms with Crippen LogP contribution in [-0.2, 0) is 6.54 Å². The summed E-state index contributed by atoms with van der Waals surface area (Å²) in [6.45, 7) is 4.00. The van der Waals surface area contributed by atoms with Gasteiger partial charge in [0.25, 0.3) is 0 Å². The van der Waals surface area contributed by atoms with Crippen molar-refractivity contribution in [3.63, 3.8) is 0 Å². The van der Waals surface area contributed by atoms with Gasteiger partial charge in [-0.05, 0) is 38.2 Å². The van der Waals surface area contributed by atoms with Gasteiger partial charge in [-0.3, -0.25) is 4.68 Å². The van der Waals surface area contributed by atoms with E-state index in [-0.39, 0.29) is 0 Å². The zero-order chi connectivity index (χ0) is 16.2. The molecule has 1 aromatic rings. The lowest BCUT2D eigenvalue weighted by Crippen LogP contribution is -2.42. The van der Waals surface area contributed by atoms with Crippen molar-refractivity contribution >= 4 is 6.09 Å². The van der Waals surface area contributed by atoms with Crippen molar-refractivity contribution in [2.45, 2.75) is 50.7 Å². The van der Waals surface area contributed by atoms with Crippen molar-refractivity contribution in [3.05, 3.63) is 18.0 Å². The SMILES string of the molecule is NCc1ccnn1C1CCN(C2CCCN(C(=O)O)CC2)CC1. The fourth-order valence-corrected chi connectivity index (χ4v) is 3.96. The van der Waals surface area contributed by atoms with Gasteiger partial charge in [-0.1, -0.05) is 0 Å². The fraction of sp³-hybridized carbons (Fsp3) is 0.750. The number of amides is 1. The Labute approximate surface area is 137 Å². The maximum absolute atomic E-state index is 11.1. The summed E-state index contributed by atoms with van der Waals surface area (Å²) in [6.07, 6.45) is 6.25. The highest BCUT2D eigenvalue weighted by atomic mass is 16.4. The van der Waals surface area contributed by atoms with Gasteiger partial charge in [0.05, 0.1) is 11.7 Å². The number of rotatable bonds is 3. The molecule has 128 valence electrons. The minimum absolute atomic E-state index is 0.445. The summed E-state index contributed by atoms with van der Waals surface area (Å²) in [5.74, 6) is 0. The van der Waals surface area contributed by atoms with Gasteiger partial charge < -0.3 is 20.6 Å². The Hall–Kier alpha value is -1.60. The van der Waals surface area contributed by atoms with E-state index in [2.05, 4.69) is 14.7 Å². The first-order chi connectivity index (χ1) is 11.2. The first kappa shape index (κ1) is 16.3. The van der Waals surface area contributed by atoms with Gasteiger partial charge in [0.2, 0.25) is 0 Å². The maximum atomic E-state index is 11.1. The normalized spacial score (nSPS) is 24.6. The Morgan fingerprint density at radius 3 is 2.61 bits per heavy atom. The largest absolute Gasteiger partial charge is 0.465 e. The van der Waals surface area contributed by atoms with E-state index >= 15 is 0 Å². The number of nitrogens with two attached hydrogens (primary N) is 1. The van der Waals surface area contributed by atoms with Crippen molar-refractivity contribution in [2.24, 2.45) is 5.73 Å². The monoisotopic (exact) mass is 321 g/mol. The smallest absolute Gasteiger partial charge is 0.407 e. The Morgan fingerprint density at radius 1 is 1.17 bits per heavy atom. The number of aromatic nitrogens is 2. The van der Waals surface area contributed by atoms with E-state index in [0.29, 0.717) is 31.7 Å². The van der Waals surface area contributed by atoms with Crippen LogP contribution in [0.2, 0.25) is 0 Å². The predicted molar refractivity (Wildman–Crippen MR) is 87.2 cm³/mol. The number of nitrogens with zero attached hydrogens (tertiary/aromatic N) is 4. The number of carboxylic acid groups (broad SMARTS) is 1. The average molecular weight is 321 g/mol. The van der Waals surface area contributed by atoms with Crippen LogP contribution in [0.1, 0.15) is 43.8 Å². The summed E-state index contributed by atoms with van der Waals surface area (Å²) in [5, 5.41) is 13.6. The van der Waals surface area contributed by atoms with Crippen molar-refractivity contribution in [1.82, 2.24) is 19.6 Å². The second kappa shape index (κ2) is 7.31.